The maximum atomic E-state index is 15.0. The van der Waals surface area contributed by atoms with E-state index in [1.165, 1.54) is 26.0 Å². The first-order valence-corrected chi connectivity index (χ1v) is 15.3. The van der Waals surface area contributed by atoms with E-state index in [9.17, 15) is 32.6 Å². The summed E-state index contributed by atoms with van der Waals surface area (Å²) in [6.45, 7) is -11.6. The standard InChI is InChI=1S/C36H38F4N4O2S/c1-3-42(4-2)20-21-43(22-25-8-12-27(13-9-25)28-14-16-29(17-15-28)36(38,39)40)33(45)23-44-32-7-5-6-31(32)34(46)41-35(44)47-24-26-10-18-30(37)19-11-26/h8-19H,3-7,20-24H2,1-2H3/i10D,11D,18D,19D,20D2,21D2,22D2,23D2,24D2. The van der Waals surface area contributed by atoms with Crippen molar-refractivity contribution >= 4 is 17.7 Å². The van der Waals surface area contributed by atoms with Crippen molar-refractivity contribution in [3.63, 3.8) is 0 Å². The topological polar surface area (TPSA) is 58.4 Å². The number of benzene rings is 3. The number of aromatic nitrogens is 2. The highest BCUT2D eigenvalue weighted by Gasteiger charge is 2.30. The van der Waals surface area contributed by atoms with Crippen molar-refractivity contribution in [2.75, 3.05) is 26.1 Å². The van der Waals surface area contributed by atoms with E-state index in [1.807, 2.05) is 0 Å². The number of fused-ring (bicyclic) bond motifs is 1. The monoisotopic (exact) mass is 680 g/mol. The molecule has 0 N–H and O–H groups in total. The van der Waals surface area contributed by atoms with Gasteiger partial charge in [-0.1, -0.05) is 74.1 Å². The van der Waals surface area contributed by atoms with Crippen LogP contribution in [-0.4, -0.2) is 51.3 Å². The Labute approximate surface area is 296 Å². The summed E-state index contributed by atoms with van der Waals surface area (Å²) in [4.78, 5) is 32.8. The molecule has 1 amide bonds. The second-order valence-corrected chi connectivity index (χ2v) is 10.9. The van der Waals surface area contributed by atoms with Gasteiger partial charge in [-0.15, -0.1) is 0 Å². The predicted octanol–water partition coefficient (Wildman–Crippen LogP) is 7.22. The van der Waals surface area contributed by atoms with Crippen molar-refractivity contribution in [2.45, 2.75) is 63.1 Å². The summed E-state index contributed by atoms with van der Waals surface area (Å²) in [5.74, 6) is -3.66. The number of amides is 1. The molecule has 248 valence electrons. The fraction of sp³-hybridized carbons (Fsp3) is 0.361. The molecule has 0 saturated heterocycles. The lowest BCUT2D eigenvalue weighted by Gasteiger charge is -2.28. The van der Waals surface area contributed by atoms with Crippen LogP contribution in [0.25, 0.3) is 11.1 Å². The molecule has 5 rings (SSSR count). The van der Waals surface area contributed by atoms with Gasteiger partial charge in [0.2, 0.25) is 5.91 Å². The van der Waals surface area contributed by atoms with Crippen molar-refractivity contribution < 1.29 is 41.5 Å². The van der Waals surface area contributed by atoms with Crippen molar-refractivity contribution in [2.24, 2.45) is 0 Å². The zero-order valence-electron chi connectivity index (χ0n) is 39.2. The summed E-state index contributed by atoms with van der Waals surface area (Å²) < 4.78 is 178. The van der Waals surface area contributed by atoms with Crippen molar-refractivity contribution in [3.8, 4) is 11.1 Å². The number of nitrogens with zero attached hydrogens (tertiary/aromatic N) is 4. The largest absolute Gasteiger partial charge is 0.416 e. The van der Waals surface area contributed by atoms with Crippen molar-refractivity contribution in [1.29, 1.82) is 0 Å². The van der Waals surface area contributed by atoms with Gasteiger partial charge in [0.05, 0.1) is 19.3 Å². The smallest absolute Gasteiger partial charge is 0.336 e. The van der Waals surface area contributed by atoms with E-state index in [0.717, 1.165) is 41.3 Å². The first kappa shape index (κ1) is 20.4. The molecule has 6 nitrogen and oxygen atoms in total. The minimum Gasteiger partial charge on any atom is -0.336 e. The van der Waals surface area contributed by atoms with Crippen LogP contribution in [0.1, 0.15) is 67.4 Å². The number of hydrogen-bond acceptors (Lipinski definition) is 5. The molecule has 0 spiro atoms. The molecule has 47 heavy (non-hydrogen) atoms. The minimum absolute atomic E-state index is 0.000536. The normalized spacial score (nSPS) is 18.7. The molecule has 4 aromatic rings. The lowest BCUT2D eigenvalue weighted by atomic mass is 10.0. The summed E-state index contributed by atoms with van der Waals surface area (Å²) in [6.07, 6.45) is -4.57. The van der Waals surface area contributed by atoms with Crippen LogP contribution in [0.5, 0.6) is 0 Å². The molecule has 1 aromatic heterocycles. The molecule has 3 aromatic carbocycles. The van der Waals surface area contributed by atoms with E-state index in [1.54, 1.807) is 0 Å². The Balaban J connectivity index is 1.71. The molecule has 0 fully saturated rings. The van der Waals surface area contributed by atoms with E-state index in [4.69, 9.17) is 13.7 Å². The summed E-state index contributed by atoms with van der Waals surface area (Å²) in [5, 5.41) is -0.941. The zero-order valence-corrected chi connectivity index (χ0v) is 26.0. The molecule has 11 heteroatoms. The van der Waals surface area contributed by atoms with Gasteiger partial charge in [-0.25, -0.2) is 4.39 Å². The average molecular weight is 681 g/mol. The zero-order chi connectivity index (χ0) is 46.0. The maximum Gasteiger partial charge on any atom is 0.416 e. The van der Waals surface area contributed by atoms with E-state index in [0.29, 0.717) is 4.57 Å². The highest BCUT2D eigenvalue weighted by atomic mass is 32.2. The van der Waals surface area contributed by atoms with E-state index in [2.05, 4.69) is 4.98 Å². The fourth-order valence-corrected chi connectivity index (χ4v) is 5.32. The molecule has 0 atom stereocenters. The number of alkyl halides is 3. The molecule has 1 heterocycles. The SMILES string of the molecule is [2H]c1c([2H])c(C([2H])([2H])Sc2nc(=O)c3c(n2C([2H])([2H])C(=O)N(C([2H])([2H])c2ccc(-c4ccc(C(F)(F)F)cc4)cc2)C([2H])([2H])C([2H])([2H])N(CC)CC)CCC3)c([2H])c([2H])c1F. The second kappa shape index (κ2) is 15.3. The first-order valence-electron chi connectivity index (χ1n) is 21.5. The summed E-state index contributed by atoms with van der Waals surface area (Å²) in [6, 6.07) is 3.80. The summed E-state index contributed by atoms with van der Waals surface area (Å²) >= 11 is -0.143. The second-order valence-electron chi connectivity index (χ2n) is 10.1. The van der Waals surface area contributed by atoms with Crippen LogP contribution >= 0.6 is 11.8 Å². The van der Waals surface area contributed by atoms with Gasteiger partial charge < -0.3 is 14.4 Å². The Morgan fingerprint density at radius 3 is 2.21 bits per heavy atom. The number of rotatable bonds is 13. The Morgan fingerprint density at radius 1 is 0.957 bits per heavy atom. The number of likely N-dealkylation sites (N-methyl/N-ethyl adjacent to an activating group) is 1. The van der Waals surface area contributed by atoms with Crippen molar-refractivity contribution in [1.82, 2.24) is 19.4 Å². The van der Waals surface area contributed by atoms with Gasteiger partial charge in [-0.3, -0.25) is 9.59 Å². The van der Waals surface area contributed by atoms with Crippen LogP contribution in [-0.2, 0) is 42.5 Å². The Hall–Kier alpha value is -3.96. The van der Waals surface area contributed by atoms with E-state index < -0.39 is 101 Å². The molecule has 0 saturated carbocycles. The molecule has 0 radical (unpaired) electrons. The summed E-state index contributed by atoms with van der Waals surface area (Å²) in [7, 11) is 0. The van der Waals surface area contributed by atoms with Gasteiger partial charge in [0.25, 0.3) is 5.56 Å². The van der Waals surface area contributed by atoms with Gasteiger partial charge in [-0.2, -0.15) is 18.2 Å². The van der Waals surface area contributed by atoms with Crippen LogP contribution in [0.4, 0.5) is 17.6 Å². The van der Waals surface area contributed by atoms with Gasteiger partial charge >= 0.3 is 6.18 Å². The summed E-state index contributed by atoms with van der Waals surface area (Å²) in [5.41, 5.74) is -6.47. The Bertz CT molecular complexity index is 2370. The van der Waals surface area contributed by atoms with E-state index in [-0.39, 0.29) is 71.4 Å². The highest BCUT2D eigenvalue weighted by Crippen LogP contribution is 2.31. The minimum atomic E-state index is -4.62. The van der Waals surface area contributed by atoms with E-state index >= 15 is 0 Å². The molecule has 0 aliphatic heterocycles. The molecular weight excluding hydrogens is 628 g/mol. The average Bonchev–Trinajstić information content (AvgIpc) is 3.66. The number of carbonyl (C=O) groups is 1. The lowest BCUT2D eigenvalue weighted by molar-refractivity contribution is -0.137. The van der Waals surface area contributed by atoms with Gasteiger partial charge in [0.15, 0.2) is 5.16 Å². The Morgan fingerprint density at radius 2 is 1.60 bits per heavy atom. The first-order chi connectivity index (χ1) is 28.0. The quantitative estimate of drug-likeness (QED) is 0.0849. The number of halogens is 4. The van der Waals surface area contributed by atoms with Crippen LogP contribution in [0.15, 0.2) is 82.7 Å². The van der Waals surface area contributed by atoms with Crippen LogP contribution in [0.3, 0.4) is 0 Å². The Kier molecular flexibility index (Phi) is 6.64. The molecular formula is C36H38F4N4O2S. The number of hydrogen-bond donors (Lipinski definition) is 0. The third-order valence-corrected chi connectivity index (χ3v) is 7.87. The maximum absolute atomic E-state index is 15.0. The lowest BCUT2D eigenvalue weighted by Crippen LogP contribution is -2.40. The van der Waals surface area contributed by atoms with Crippen molar-refractivity contribution in [3.05, 3.63) is 117 Å². The third-order valence-electron chi connectivity index (χ3n) is 7.11. The molecule has 0 bridgehead atoms. The number of thioether (sulfide) groups is 1. The third kappa shape index (κ3) is 8.70. The number of carbonyl (C=O) groups excluding carboxylic acids is 1. The van der Waals surface area contributed by atoms with Gasteiger partial charge in [0, 0.05) is 41.9 Å². The highest BCUT2D eigenvalue weighted by molar-refractivity contribution is 7.98. The van der Waals surface area contributed by atoms with Crippen LogP contribution in [0.2, 0.25) is 0 Å². The fourth-order valence-electron chi connectivity index (χ4n) is 4.65. The molecule has 1 aliphatic carbocycles. The molecule has 0 unspecified atom stereocenters. The predicted molar refractivity (Wildman–Crippen MR) is 177 cm³/mol. The van der Waals surface area contributed by atoms with Gasteiger partial charge in [-0.05, 0) is 78.8 Å². The molecule has 1 aliphatic rings. The van der Waals surface area contributed by atoms with Gasteiger partial charge in [0.1, 0.15) is 12.3 Å². The van der Waals surface area contributed by atoms with Crippen LogP contribution < -0.4 is 5.56 Å². The van der Waals surface area contributed by atoms with Crippen LogP contribution in [0, 0.1) is 5.82 Å².